The van der Waals surface area contributed by atoms with Gasteiger partial charge in [0.25, 0.3) is 0 Å². The second-order valence-electron chi connectivity index (χ2n) is 7.76. The number of rotatable bonds is 7. The molecule has 0 radical (unpaired) electrons. The molecular formula is C24H22F4O4S. The Kier molecular flexibility index (Phi) is 7.02. The molecule has 0 heterocycles. The van der Waals surface area contributed by atoms with Crippen molar-refractivity contribution in [1.82, 2.24) is 0 Å². The number of alkyl halides is 3. The molecule has 0 bridgehead atoms. The van der Waals surface area contributed by atoms with Crippen LogP contribution in [0.5, 0.6) is 11.5 Å². The Morgan fingerprint density at radius 2 is 1.61 bits per heavy atom. The predicted molar refractivity (Wildman–Crippen MR) is 117 cm³/mol. The fourth-order valence-electron chi connectivity index (χ4n) is 3.22. The highest BCUT2D eigenvalue weighted by molar-refractivity contribution is 7.88. The van der Waals surface area contributed by atoms with Gasteiger partial charge in [-0.25, -0.2) is 4.39 Å². The SMILES string of the molecule is Cc1cc(OS(=O)(=O)C(F)(F)F)c(C(C)C)cc1-c1ccc(OCc2ccccc2)c(F)c1. The molecule has 0 fully saturated rings. The number of hydrogen-bond donors (Lipinski definition) is 0. The summed E-state index contributed by atoms with van der Waals surface area (Å²) in [7, 11) is -5.82. The molecule has 9 heteroatoms. The molecule has 33 heavy (non-hydrogen) atoms. The highest BCUT2D eigenvalue weighted by atomic mass is 32.2. The number of benzene rings is 3. The van der Waals surface area contributed by atoms with Gasteiger partial charge < -0.3 is 8.92 Å². The summed E-state index contributed by atoms with van der Waals surface area (Å²) in [4.78, 5) is 0. The van der Waals surface area contributed by atoms with E-state index in [1.807, 2.05) is 30.3 Å². The highest BCUT2D eigenvalue weighted by Gasteiger charge is 2.48. The summed E-state index contributed by atoms with van der Waals surface area (Å²) in [6, 6.07) is 16.4. The Hall–Kier alpha value is -3.07. The molecule has 0 unspecified atom stereocenters. The average molecular weight is 482 g/mol. The van der Waals surface area contributed by atoms with Crippen molar-refractivity contribution in [3.05, 3.63) is 83.2 Å². The Balaban J connectivity index is 1.93. The molecule has 0 N–H and O–H groups in total. The minimum absolute atomic E-state index is 0.0561. The summed E-state index contributed by atoms with van der Waals surface area (Å²) in [6.45, 7) is 5.13. The standard InChI is InChI=1S/C24H22F4O4S/c1-15(2)19-13-20(16(3)11-23(19)32-33(29,30)24(26,27)28)18-9-10-22(21(25)12-18)31-14-17-7-5-4-6-8-17/h4-13,15H,14H2,1-3H3. The van der Waals surface area contributed by atoms with E-state index >= 15 is 0 Å². The molecule has 176 valence electrons. The van der Waals surface area contributed by atoms with Crippen molar-refractivity contribution in [2.24, 2.45) is 0 Å². The number of halogens is 4. The molecule has 0 saturated carbocycles. The van der Waals surface area contributed by atoms with Gasteiger partial charge in [-0.1, -0.05) is 50.2 Å². The van der Waals surface area contributed by atoms with Crippen LogP contribution in [0.4, 0.5) is 17.6 Å². The van der Waals surface area contributed by atoms with Crippen molar-refractivity contribution in [2.75, 3.05) is 0 Å². The van der Waals surface area contributed by atoms with Crippen LogP contribution in [-0.2, 0) is 16.7 Å². The zero-order valence-electron chi connectivity index (χ0n) is 18.1. The van der Waals surface area contributed by atoms with Gasteiger partial charge in [0.15, 0.2) is 11.6 Å². The van der Waals surface area contributed by atoms with Gasteiger partial charge in [-0.15, -0.1) is 0 Å². The molecule has 0 aliphatic carbocycles. The normalized spacial score (nSPS) is 12.1. The van der Waals surface area contributed by atoms with E-state index in [9.17, 15) is 26.0 Å². The maximum Gasteiger partial charge on any atom is 0.534 e. The van der Waals surface area contributed by atoms with Crippen molar-refractivity contribution >= 4 is 10.1 Å². The van der Waals surface area contributed by atoms with Gasteiger partial charge in [0, 0.05) is 0 Å². The first-order valence-corrected chi connectivity index (χ1v) is 11.4. The van der Waals surface area contributed by atoms with Crippen molar-refractivity contribution in [3.8, 4) is 22.6 Å². The second kappa shape index (κ2) is 9.43. The summed E-state index contributed by atoms with van der Waals surface area (Å²) in [5, 5.41) is 0. The summed E-state index contributed by atoms with van der Waals surface area (Å²) >= 11 is 0. The van der Waals surface area contributed by atoms with E-state index < -0.39 is 27.2 Å². The van der Waals surface area contributed by atoms with Gasteiger partial charge in [-0.3, -0.25) is 0 Å². The molecule has 3 aromatic carbocycles. The third kappa shape index (κ3) is 5.65. The van der Waals surface area contributed by atoms with Crippen molar-refractivity contribution < 1.29 is 34.9 Å². The maximum absolute atomic E-state index is 14.7. The predicted octanol–water partition coefficient (Wildman–Crippen LogP) is 6.73. The fraction of sp³-hybridized carbons (Fsp3) is 0.250. The minimum atomic E-state index is -5.82. The van der Waals surface area contributed by atoms with Gasteiger partial charge in [-0.05, 0) is 64.9 Å². The summed E-state index contributed by atoms with van der Waals surface area (Å²) in [6.07, 6.45) is 0. The van der Waals surface area contributed by atoms with Crippen LogP contribution in [0.25, 0.3) is 11.1 Å². The van der Waals surface area contributed by atoms with Crippen molar-refractivity contribution in [2.45, 2.75) is 38.8 Å². The van der Waals surface area contributed by atoms with Gasteiger partial charge in [0.05, 0.1) is 0 Å². The molecule has 3 rings (SSSR count). The van der Waals surface area contributed by atoms with Gasteiger partial charge in [-0.2, -0.15) is 21.6 Å². The zero-order valence-corrected chi connectivity index (χ0v) is 18.9. The third-order valence-electron chi connectivity index (χ3n) is 4.94. The summed E-state index contributed by atoms with van der Waals surface area (Å²) in [5.74, 6) is -1.32. The smallest absolute Gasteiger partial charge is 0.486 e. The molecule has 0 aromatic heterocycles. The largest absolute Gasteiger partial charge is 0.534 e. The van der Waals surface area contributed by atoms with E-state index in [1.54, 1.807) is 26.8 Å². The fourth-order valence-corrected chi connectivity index (χ4v) is 3.69. The summed E-state index contributed by atoms with van der Waals surface area (Å²) in [5.41, 5.74) is -3.01. The minimum Gasteiger partial charge on any atom is -0.486 e. The van der Waals surface area contributed by atoms with E-state index in [1.165, 1.54) is 24.3 Å². The first-order chi connectivity index (χ1) is 15.4. The van der Waals surface area contributed by atoms with Crippen LogP contribution >= 0.6 is 0 Å². The van der Waals surface area contributed by atoms with Crippen LogP contribution < -0.4 is 8.92 Å². The van der Waals surface area contributed by atoms with Crippen LogP contribution in [0, 0.1) is 12.7 Å². The van der Waals surface area contributed by atoms with Crippen molar-refractivity contribution in [3.63, 3.8) is 0 Å². The molecule has 0 spiro atoms. The molecule has 0 saturated heterocycles. The van der Waals surface area contributed by atoms with Gasteiger partial charge in [0.2, 0.25) is 0 Å². The Labute approximate surface area is 189 Å². The van der Waals surface area contributed by atoms with E-state index in [4.69, 9.17) is 4.74 Å². The van der Waals surface area contributed by atoms with Crippen LogP contribution in [0.15, 0.2) is 60.7 Å². The third-order valence-corrected chi connectivity index (χ3v) is 5.91. The lowest BCUT2D eigenvalue weighted by molar-refractivity contribution is -0.0500. The first-order valence-electron chi connectivity index (χ1n) is 10.0. The van der Waals surface area contributed by atoms with Gasteiger partial charge in [0.1, 0.15) is 12.4 Å². The first kappa shape index (κ1) is 24.6. The second-order valence-corrected chi connectivity index (χ2v) is 9.30. The van der Waals surface area contributed by atoms with E-state index in [2.05, 4.69) is 4.18 Å². The molecule has 3 aromatic rings. The quantitative estimate of drug-likeness (QED) is 0.213. The van der Waals surface area contributed by atoms with Crippen LogP contribution in [0.3, 0.4) is 0 Å². The molecule has 4 nitrogen and oxygen atoms in total. The molecule has 0 atom stereocenters. The molecule has 0 aliphatic rings. The zero-order chi connectivity index (χ0) is 24.4. The number of hydrogen-bond acceptors (Lipinski definition) is 4. The van der Waals surface area contributed by atoms with Crippen molar-refractivity contribution in [1.29, 1.82) is 0 Å². The molecule has 0 amide bonds. The Bertz CT molecular complexity index is 1240. The van der Waals surface area contributed by atoms with E-state index in [0.29, 0.717) is 16.7 Å². The lowest BCUT2D eigenvalue weighted by atomic mass is 9.93. The number of aryl methyl sites for hydroxylation is 1. The van der Waals surface area contributed by atoms with E-state index in [-0.39, 0.29) is 23.8 Å². The molecule has 0 aliphatic heterocycles. The monoisotopic (exact) mass is 482 g/mol. The maximum atomic E-state index is 14.7. The van der Waals surface area contributed by atoms with Crippen LogP contribution in [0.2, 0.25) is 0 Å². The van der Waals surface area contributed by atoms with Gasteiger partial charge >= 0.3 is 15.6 Å². The highest BCUT2D eigenvalue weighted by Crippen LogP contribution is 2.38. The average Bonchev–Trinajstić information content (AvgIpc) is 2.72. The lowest BCUT2D eigenvalue weighted by Gasteiger charge is -2.18. The topological polar surface area (TPSA) is 52.6 Å². The molecular weight excluding hydrogens is 460 g/mol. The summed E-state index contributed by atoms with van der Waals surface area (Å²) < 4.78 is 86.0. The Morgan fingerprint density at radius 3 is 2.18 bits per heavy atom. The van der Waals surface area contributed by atoms with Crippen LogP contribution in [-0.4, -0.2) is 13.9 Å². The Morgan fingerprint density at radius 1 is 0.939 bits per heavy atom. The van der Waals surface area contributed by atoms with Crippen LogP contribution in [0.1, 0.15) is 36.5 Å². The number of ether oxygens (including phenoxy) is 1. The lowest BCUT2D eigenvalue weighted by Crippen LogP contribution is -2.28. The van der Waals surface area contributed by atoms with E-state index in [0.717, 1.165) is 5.56 Å².